The Balaban J connectivity index is 1.11. The molecule has 0 aliphatic carbocycles. The standard InChI is InChI=1S/C46H28N4O/c1-47-40-28-38(29-42-43(40)39-14-8-9-15-41(39)51-42)34-20-26-37(27-21-34)46-49-44(35-22-16-32(17-23-35)30-10-4-2-5-11-30)48-45(50-46)36-24-18-33(19-25-36)31-12-6-3-7-13-31/h2-29H. The van der Waals surface area contributed by atoms with E-state index in [1.807, 2.05) is 97.1 Å². The van der Waals surface area contributed by atoms with Gasteiger partial charge in [0.25, 0.3) is 0 Å². The predicted molar refractivity (Wildman–Crippen MR) is 206 cm³/mol. The molecule has 0 bridgehead atoms. The summed E-state index contributed by atoms with van der Waals surface area (Å²) in [7, 11) is 0. The third-order valence-electron chi connectivity index (χ3n) is 9.19. The number of fused-ring (bicyclic) bond motifs is 3. The van der Waals surface area contributed by atoms with Gasteiger partial charge in [0.05, 0.1) is 6.57 Å². The second-order valence-electron chi connectivity index (χ2n) is 12.3. The van der Waals surface area contributed by atoms with Crippen molar-refractivity contribution in [2.24, 2.45) is 0 Å². The number of benzene rings is 7. The molecule has 2 heterocycles. The van der Waals surface area contributed by atoms with Gasteiger partial charge in [0, 0.05) is 27.5 Å². The van der Waals surface area contributed by atoms with Gasteiger partial charge in [-0.25, -0.2) is 19.8 Å². The summed E-state index contributed by atoms with van der Waals surface area (Å²) in [4.78, 5) is 18.8. The fraction of sp³-hybridized carbons (Fsp3) is 0. The Labute approximate surface area is 295 Å². The summed E-state index contributed by atoms with van der Waals surface area (Å²) in [6.07, 6.45) is 0. The van der Waals surface area contributed by atoms with Crippen molar-refractivity contribution in [1.82, 2.24) is 15.0 Å². The van der Waals surface area contributed by atoms with Crippen LogP contribution in [0.15, 0.2) is 174 Å². The van der Waals surface area contributed by atoms with Crippen LogP contribution in [0.25, 0.3) is 94.3 Å². The van der Waals surface area contributed by atoms with Crippen molar-refractivity contribution in [2.75, 3.05) is 0 Å². The molecule has 0 N–H and O–H groups in total. The Bertz CT molecular complexity index is 2610. The van der Waals surface area contributed by atoms with Crippen LogP contribution >= 0.6 is 0 Å². The molecule has 5 nitrogen and oxygen atoms in total. The molecule has 0 atom stereocenters. The fourth-order valence-corrected chi connectivity index (χ4v) is 6.55. The Morgan fingerprint density at radius 1 is 0.373 bits per heavy atom. The van der Waals surface area contributed by atoms with Gasteiger partial charge in [0.1, 0.15) is 11.2 Å². The van der Waals surface area contributed by atoms with Gasteiger partial charge in [-0.3, -0.25) is 0 Å². The van der Waals surface area contributed by atoms with E-state index in [2.05, 4.69) is 77.6 Å². The predicted octanol–water partition coefficient (Wildman–Crippen LogP) is 12.3. The summed E-state index contributed by atoms with van der Waals surface area (Å²) in [5, 5.41) is 1.80. The van der Waals surface area contributed by atoms with E-state index in [1.54, 1.807) is 0 Å². The second kappa shape index (κ2) is 12.7. The minimum atomic E-state index is 0.569. The summed E-state index contributed by atoms with van der Waals surface area (Å²) in [5.41, 5.74) is 11.2. The van der Waals surface area contributed by atoms with Crippen LogP contribution in [0.2, 0.25) is 0 Å². The highest BCUT2D eigenvalue weighted by Gasteiger charge is 2.16. The molecule has 0 saturated heterocycles. The number of aromatic nitrogens is 3. The highest BCUT2D eigenvalue weighted by molar-refractivity contribution is 6.13. The van der Waals surface area contributed by atoms with Crippen molar-refractivity contribution in [2.45, 2.75) is 0 Å². The number of nitrogens with zero attached hydrogens (tertiary/aromatic N) is 4. The lowest BCUT2D eigenvalue weighted by molar-refractivity contribution is 0.669. The van der Waals surface area contributed by atoms with E-state index in [0.717, 1.165) is 66.4 Å². The van der Waals surface area contributed by atoms with E-state index in [1.165, 1.54) is 0 Å². The molecule has 0 fully saturated rings. The summed E-state index contributed by atoms with van der Waals surface area (Å²) < 4.78 is 6.16. The van der Waals surface area contributed by atoms with Crippen LogP contribution in [0, 0.1) is 6.57 Å². The molecule has 238 valence electrons. The van der Waals surface area contributed by atoms with E-state index in [-0.39, 0.29) is 0 Å². The van der Waals surface area contributed by atoms with Gasteiger partial charge < -0.3 is 4.42 Å². The summed E-state index contributed by atoms with van der Waals surface area (Å²) in [6.45, 7) is 7.90. The second-order valence-corrected chi connectivity index (χ2v) is 12.3. The van der Waals surface area contributed by atoms with Crippen LogP contribution in [0.5, 0.6) is 0 Å². The topological polar surface area (TPSA) is 56.2 Å². The van der Waals surface area contributed by atoms with Crippen LogP contribution in [0.1, 0.15) is 0 Å². The van der Waals surface area contributed by atoms with Crippen molar-refractivity contribution in [1.29, 1.82) is 0 Å². The average molecular weight is 653 g/mol. The summed E-state index contributed by atoms with van der Waals surface area (Å²) in [5.74, 6) is 1.78. The van der Waals surface area contributed by atoms with Crippen molar-refractivity contribution in [3.63, 3.8) is 0 Å². The molecule has 0 amide bonds. The van der Waals surface area contributed by atoms with E-state index >= 15 is 0 Å². The molecule has 9 rings (SSSR count). The minimum absolute atomic E-state index is 0.569. The Morgan fingerprint density at radius 2 is 0.765 bits per heavy atom. The largest absolute Gasteiger partial charge is 0.457 e. The maximum Gasteiger partial charge on any atom is 0.199 e. The highest BCUT2D eigenvalue weighted by atomic mass is 16.3. The molecule has 9 aromatic rings. The Hall–Kier alpha value is -7.16. The molecule has 7 aromatic carbocycles. The molecular formula is C46H28N4O. The first kappa shape index (κ1) is 29.9. The molecule has 0 aliphatic heterocycles. The lowest BCUT2D eigenvalue weighted by Gasteiger charge is -2.10. The lowest BCUT2D eigenvalue weighted by Crippen LogP contribution is -2.00. The molecule has 0 unspecified atom stereocenters. The maximum atomic E-state index is 7.90. The zero-order valence-electron chi connectivity index (χ0n) is 27.4. The molecule has 5 heteroatoms. The van der Waals surface area contributed by atoms with Crippen molar-refractivity contribution in [3.8, 4) is 67.5 Å². The number of hydrogen-bond donors (Lipinski definition) is 0. The highest BCUT2D eigenvalue weighted by Crippen LogP contribution is 2.40. The molecule has 0 aliphatic rings. The molecule has 0 radical (unpaired) electrons. The van der Waals surface area contributed by atoms with Crippen molar-refractivity contribution in [3.05, 3.63) is 181 Å². The smallest absolute Gasteiger partial charge is 0.199 e. The van der Waals surface area contributed by atoms with Crippen molar-refractivity contribution >= 4 is 27.6 Å². The number of hydrogen-bond acceptors (Lipinski definition) is 4. The fourth-order valence-electron chi connectivity index (χ4n) is 6.55. The molecule has 51 heavy (non-hydrogen) atoms. The van der Waals surface area contributed by atoms with Gasteiger partial charge in [0.15, 0.2) is 23.2 Å². The average Bonchev–Trinajstić information content (AvgIpc) is 3.60. The van der Waals surface area contributed by atoms with Gasteiger partial charge in [-0.2, -0.15) is 0 Å². The van der Waals surface area contributed by atoms with Gasteiger partial charge in [0.2, 0.25) is 0 Å². The normalized spacial score (nSPS) is 11.1. The van der Waals surface area contributed by atoms with Gasteiger partial charge in [-0.15, -0.1) is 0 Å². The third kappa shape index (κ3) is 5.71. The Kier molecular flexibility index (Phi) is 7.46. The zero-order chi connectivity index (χ0) is 34.1. The van der Waals surface area contributed by atoms with E-state index in [9.17, 15) is 0 Å². The molecule has 2 aromatic heterocycles. The molecule has 0 spiro atoms. The lowest BCUT2D eigenvalue weighted by atomic mass is 10.0. The van der Waals surface area contributed by atoms with E-state index < -0.39 is 0 Å². The monoisotopic (exact) mass is 652 g/mol. The van der Waals surface area contributed by atoms with Crippen LogP contribution in [0.3, 0.4) is 0 Å². The van der Waals surface area contributed by atoms with Crippen molar-refractivity contribution < 1.29 is 4.42 Å². The van der Waals surface area contributed by atoms with E-state index in [4.69, 9.17) is 25.9 Å². The minimum Gasteiger partial charge on any atom is -0.457 e. The number of furan rings is 1. The van der Waals surface area contributed by atoms with Gasteiger partial charge in [-0.1, -0.05) is 152 Å². The molecular weight excluding hydrogens is 625 g/mol. The third-order valence-corrected chi connectivity index (χ3v) is 9.19. The van der Waals surface area contributed by atoms with Gasteiger partial charge in [-0.05, 0) is 51.6 Å². The summed E-state index contributed by atoms with van der Waals surface area (Å²) in [6, 6.07) is 57.2. The van der Waals surface area contributed by atoms with Crippen LogP contribution in [-0.2, 0) is 0 Å². The summed E-state index contributed by atoms with van der Waals surface area (Å²) >= 11 is 0. The van der Waals surface area contributed by atoms with Gasteiger partial charge >= 0.3 is 0 Å². The first-order valence-electron chi connectivity index (χ1n) is 16.7. The molecule has 0 saturated carbocycles. The number of para-hydroxylation sites is 1. The van der Waals surface area contributed by atoms with Crippen LogP contribution in [0.4, 0.5) is 5.69 Å². The number of rotatable bonds is 6. The first-order chi connectivity index (χ1) is 25.2. The first-order valence-corrected chi connectivity index (χ1v) is 16.7. The Morgan fingerprint density at radius 3 is 1.24 bits per heavy atom. The van der Waals surface area contributed by atoms with E-state index in [0.29, 0.717) is 28.7 Å². The maximum absolute atomic E-state index is 7.90. The van der Waals surface area contributed by atoms with Crippen LogP contribution < -0.4 is 0 Å². The zero-order valence-corrected chi connectivity index (χ0v) is 27.4. The SMILES string of the molecule is [C-]#[N+]c1cc(-c2ccc(-c3nc(-c4ccc(-c5ccccc5)cc4)nc(-c4ccc(-c5ccccc5)cc4)n3)cc2)cc2oc3ccccc3c12. The van der Waals surface area contributed by atoms with Crippen LogP contribution in [-0.4, -0.2) is 15.0 Å². The quantitative estimate of drug-likeness (QED) is 0.168.